The largest absolute Gasteiger partial charge is 1.00 e. The van der Waals surface area contributed by atoms with Crippen LogP contribution in [0.1, 0.15) is 13.8 Å². The highest BCUT2D eigenvalue weighted by atomic mass is 35.5. The number of hydrogen-bond donors (Lipinski definition) is 0. The van der Waals surface area contributed by atoms with Crippen LogP contribution >= 0.6 is 0 Å². The van der Waals surface area contributed by atoms with E-state index >= 15 is 0 Å². The first-order valence-corrected chi connectivity index (χ1v) is 3.79. The maximum Gasteiger partial charge on any atom is 0.303 e. The summed E-state index contributed by atoms with van der Waals surface area (Å²) in [5.41, 5.74) is 0. The van der Waals surface area contributed by atoms with Crippen molar-refractivity contribution in [2.75, 3.05) is 27.7 Å². The molecule has 0 saturated heterocycles. The van der Waals surface area contributed by atoms with Crippen LogP contribution in [0, 0.1) is 0 Å². The van der Waals surface area contributed by atoms with Gasteiger partial charge >= 0.3 is 5.97 Å². The summed E-state index contributed by atoms with van der Waals surface area (Å²) in [5, 5.41) is 0. The Morgan fingerprint density at radius 2 is 1.69 bits per heavy atom. The second-order valence-electron chi connectivity index (χ2n) is 3.89. The molecule has 0 bridgehead atoms. The maximum atomic E-state index is 10.5. The van der Waals surface area contributed by atoms with E-state index in [9.17, 15) is 4.79 Å². The Labute approximate surface area is 92.8 Å². The number of halogens is 2. The summed E-state index contributed by atoms with van der Waals surface area (Å²) in [6.45, 7) is 4.19. The summed E-state index contributed by atoms with van der Waals surface area (Å²) in [6.07, 6.45) is 0.00694. The number of carbonyl (C=O) groups excluding carboxylic acids is 1. The third kappa shape index (κ3) is 14.8. The highest BCUT2D eigenvalue weighted by Gasteiger charge is 2.15. The molecule has 0 spiro atoms. The van der Waals surface area contributed by atoms with Crippen molar-refractivity contribution in [3.63, 3.8) is 0 Å². The average molecular weight is 231 g/mol. The molecule has 1 atom stereocenters. The number of nitrogens with zero attached hydrogens (tertiary/aromatic N) is 1. The van der Waals surface area contributed by atoms with E-state index in [1.54, 1.807) is 0 Å². The van der Waals surface area contributed by atoms with Gasteiger partial charge in [0, 0.05) is 6.92 Å². The summed E-state index contributed by atoms with van der Waals surface area (Å²) < 4.78 is 5.79. The van der Waals surface area contributed by atoms with Crippen molar-refractivity contribution in [3.05, 3.63) is 0 Å². The summed E-state index contributed by atoms with van der Waals surface area (Å²) in [6, 6.07) is 0. The topological polar surface area (TPSA) is 26.3 Å². The summed E-state index contributed by atoms with van der Waals surface area (Å²) in [7, 11) is 6.21. The first-order chi connectivity index (χ1) is 4.81. The zero-order valence-corrected chi connectivity index (χ0v) is 10.3. The van der Waals surface area contributed by atoms with E-state index in [0.29, 0.717) is 0 Å². The van der Waals surface area contributed by atoms with Gasteiger partial charge in [0.25, 0.3) is 0 Å². The van der Waals surface area contributed by atoms with E-state index in [2.05, 4.69) is 21.1 Å². The fourth-order valence-electron chi connectivity index (χ4n) is 1.09. The van der Waals surface area contributed by atoms with E-state index in [1.807, 2.05) is 6.92 Å². The number of ether oxygens (including phenoxy) is 1. The zero-order valence-electron chi connectivity index (χ0n) is 8.80. The monoisotopic (exact) mass is 230 g/mol. The van der Waals surface area contributed by atoms with Crippen LogP contribution in [0.4, 0.5) is 0 Å². The molecule has 0 aliphatic rings. The lowest BCUT2D eigenvalue weighted by Gasteiger charge is -2.26. The Balaban J connectivity index is -0.000000500. The quantitative estimate of drug-likeness (QED) is 0.358. The second kappa shape index (κ2) is 7.42. The summed E-state index contributed by atoms with van der Waals surface area (Å²) in [4.78, 5) is 10.5. The zero-order chi connectivity index (χ0) is 9.07. The Morgan fingerprint density at radius 1 is 1.31 bits per heavy atom. The lowest BCUT2D eigenvalue weighted by molar-refractivity contribution is -0.873. The first-order valence-electron chi connectivity index (χ1n) is 3.79. The molecule has 5 heteroatoms. The van der Waals surface area contributed by atoms with Gasteiger partial charge in [0.05, 0.1) is 21.1 Å². The molecule has 0 aromatic heterocycles. The van der Waals surface area contributed by atoms with Crippen LogP contribution in [0.15, 0.2) is 0 Å². The molecule has 0 aliphatic heterocycles. The Morgan fingerprint density at radius 3 is 1.92 bits per heavy atom. The summed E-state index contributed by atoms with van der Waals surface area (Å²) >= 11 is 0. The molecule has 0 rings (SSSR count). The number of carbonyl (C=O) groups is 1. The molecule has 0 aromatic carbocycles. The normalized spacial score (nSPS) is 12.1. The predicted octanol–water partition coefficient (Wildman–Crippen LogP) is -5.35. The van der Waals surface area contributed by atoms with Gasteiger partial charge in [-0.25, -0.2) is 0 Å². The van der Waals surface area contributed by atoms with Gasteiger partial charge in [0.15, 0.2) is 0 Å². The lowest BCUT2D eigenvalue weighted by atomic mass is 10.3. The number of esters is 1. The first kappa shape index (κ1) is 18.7. The predicted molar refractivity (Wildman–Crippen MR) is 44.1 cm³/mol. The Hall–Kier alpha value is 0.01000. The molecule has 0 aromatic rings. The van der Waals surface area contributed by atoms with E-state index in [0.717, 1.165) is 11.0 Å². The number of hydrogen-bond acceptors (Lipinski definition) is 2. The smallest absolute Gasteiger partial charge is 0.303 e. The van der Waals surface area contributed by atoms with Gasteiger partial charge in [-0.3, -0.25) is 4.79 Å². The molecule has 0 N–H and O–H groups in total. The van der Waals surface area contributed by atoms with Crippen molar-refractivity contribution in [1.82, 2.24) is 0 Å². The second-order valence-corrected chi connectivity index (χ2v) is 3.89. The molecular weight excluding hydrogens is 213 g/mol. The fourth-order valence-corrected chi connectivity index (χ4v) is 1.09. The van der Waals surface area contributed by atoms with Gasteiger partial charge in [0.2, 0.25) is 0 Å². The van der Waals surface area contributed by atoms with Gasteiger partial charge in [-0.15, -0.1) is 0 Å². The fraction of sp³-hybridized carbons (Fsp3) is 0.875. The molecule has 0 amide bonds. The van der Waals surface area contributed by atoms with Crippen LogP contribution in [0.25, 0.3) is 0 Å². The highest BCUT2D eigenvalue weighted by molar-refractivity contribution is 5.66. The summed E-state index contributed by atoms with van der Waals surface area (Å²) in [5.74, 6) is -0.203. The number of likely N-dealkylation sites (N-methyl/N-ethyl adjacent to an activating group) is 1. The minimum absolute atomic E-state index is 0. The molecule has 0 fully saturated rings. The van der Waals surface area contributed by atoms with Crippen molar-refractivity contribution in [2.24, 2.45) is 0 Å². The van der Waals surface area contributed by atoms with Gasteiger partial charge < -0.3 is 34.0 Å². The van der Waals surface area contributed by atoms with Crippen molar-refractivity contribution >= 4 is 5.97 Å². The highest BCUT2D eigenvalue weighted by Crippen LogP contribution is 1.98. The minimum atomic E-state index is -0.203. The SMILES string of the molecule is CC(=O)OC(C)C[N+](C)(C)C.[Cl-].[Cl-]. The van der Waals surface area contributed by atoms with Crippen LogP contribution in [0.3, 0.4) is 0 Å². The van der Waals surface area contributed by atoms with Crippen LogP contribution < -0.4 is 24.8 Å². The molecule has 3 nitrogen and oxygen atoms in total. The van der Waals surface area contributed by atoms with Crippen LogP contribution in [0.2, 0.25) is 0 Å². The molecule has 82 valence electrons. The van der Waals surface area contributed by atoms with Crippen LogP contribution in [0.5, 0.6) is 0 Å². The van der Waals surface area contributed by atoms with Crippen LogP contribution in [-0.4, -0.2) is 44.2 Å². The molecular formula is C8H18Cl2NO2-. The van der Waals surface area contributed by atoms with Crippen molar-refractivity contribution in [2.45, 2.75) is 20.0 Å². The molecule has 1 unspecified atom stereocenters. The molecule has 0 aliphatic carbocycles. The van der Waals surface area contributed by atoms with E-state index in [1.165, 1.54) is 6.92 Å². The Bertz CT molecular complexity index is 146. The van der Waals surface area contributed by atoms with Gasteiger partial charge in [0.1, 0.15) is 12.6 Å². The maximum absolute atomic E-state index is 10.5. The number of rotatable bonds is 3. The van der Waals surface area contributed by atoms with Crippen molar-refractivity contribution in [1.29, 1.82) is 0 Å². The lowest BCUT2D eigenvalue weighted by Crippen LogP contribution is -3.00. The van der Waals surface area contributed by atoms with E-state index in [-0.39, 0.29) is 36.9 Å². The number of quaternary nitrogens is 1. The van der Waals surface area contributed by atoms with Crippen molar-refractivity contribution < 1.29 is 38.8 Å². The molecule has 13 heavy (non-hydrogen) atoms. The van der Waals surface area contributed by atoms with Crippen LogP contribution in [-0.2, 0) is 9.53 Å². The van der Waals surface area contributed by atoms with E-state index < -0.39 is 0 Å². The van der Waals surface area contributed by atoms with Crippen molar-refractivity contribution in [3.8, 4) is 0 Å². The Kier molecular flexibility index (Phi) is 10.7. The molecule has 0 heterocycles. The third-order valence-corrected chi connectivity index (χ3v) is 1.17. The third-order valence-electron chi connectivity index (χ3n) is 1.17. The molecule has 0 saturated carbocycles. The van der Waals surface area contributed by atoms with Gasteiger partial charge in [-0.05, 0) is 6.92 Å². The van der Waals surface area contributed by atoms with Gasteiger partial charge in [-0.1, -0.05) is 0 Å². The van der Waals surface area contributed by atoms with Gasteiger partial charge in [-0.2, -0.15) is 0 Å². The molecule has 0 radical (unpaired) electrons. The van der Waals surface area contributed by atoms with E-state index in [4.69, 9.17) is 4.74 Å². The average Bonchev–Trinajstić information content (AvgIpc) is 1.53. The minimum Gasteiger partial charge on any atom is -1.00 e. The standard InChI is InChI=1S/C8H18NO2.2ClH/c1-7(11-8(2)10)6-9(3,4)5;;/h7H,6H2,1-5H3;2*1H/q+1;;/p-2.